The Kier molecular flexibility index (Phi) is 5.56. The van der Waals surface area contributed by atoms with Crippen LogP contribution in [0.15, 0.2) is 50.8 Å². The highest BCUT2D eigenvalue weighted by atomic mass is 35.5. The molecule has 2 heterocycles. The molecule has 6 nitrogen and oxygen atoms in total. The first-order valence-corrected chi connectivity index (χ1v) is 11.1. The van der Waals surface area contributed by atoms with Crippen LogP contribution in [-0.2, 0) is 10.4 Å². The quantitative estimate of drug-likeness (QED) is 0.267. The molecule has 35 heavy (non-hydrogen) atoms. The highest BCUT2D eigenvalue weighted by Crippen LogP contribution is 2.50. The van der Waals surface area contributed by atoms with Crippen LogP contribution in [0.4, 0.5) is 17.6 Å². The van der Waals surface area contributed by atoms with Crippen molar-refractivity contribution in [2.75, 3.05) is 0 Å². The van der Waals surface area contributed by atoms with E-state index in [0.717, 1.165) is 31.0 Å². The third-order valence-corrected chi connectivity index (χ3v) is 6.44. The molecular formula is C23H14Cl2F4N2O4. The second kappa shape index (κ2) is 8.23. The maximum atomic E-state index is 14.3. The van der Waals surface area contributed by atoms with Crippen LogP contribution in [0.25, 0.3) is 11.0 Å². The van der Waals surface area contributed by atoms with Gasteiger partial charge in [-0.05, 0) is 37.1 Å². The normalized spacial score (nSPS) is 20.0. The van der Waals surface area contributed by atoms with Crippen molar-refractivity contribution < 1.29 is 31.6 Å². The summed E-state index contributed by atoms with van der Waals surface area (Å²) in [6, 6.07) is 6.78. The first kappa shape index (κ1) is 23.6. The van der Waals surface area contributed by atoms with Crippen LogP contribution in [0.5, 0.6) is 0 Å². The minimum absolute atomic E-state index is 0.0297. The molecule has 1 amide bonds. The SMILES string of the molecule is O=C(NC1CC1)c1ccc(C2=NO[C@@](c3cc(Cl)c(F)c(Cl)c3)(C(F)(F)F)C2)c2ccc(=O)oc12. The van der Waals surface area contributed by atoms with Gasteiger partial charge >= 0.3 is 11.8 Å². The molecule has 0 unspecified atom stereocenters. The molecule has 5 rings (SSSR count). The van der Waals surface area contributed by atoms with Gasteiger partial charge in [0.2, 0.25) is 0 Å². The maximum absolute atomic E-state index is 14.3. The molecule has 3 aromatic rings. The standard InChI is InChI=1S/C23H14Cl2F4N2O4/c24-15-7-10(8-16(25)19(15)26)22(23(27,28)29)9-17(31-35-22)12-3-4-14(21(33)30-11-1-2-11)20-13(12)5-6-18(32)34-20/h3-8,11H,1-2,9H2,(H,30,33)/t22-/m0/s1. The molecule has 1 N–H and O–H groups in total. The minimum atomic E-state index is -4.99. The van der Waals surface area contributed by atoms with Crippen molar-refractivity contribution in [3.05, 3.63) is 79.4 Å². The van der Waals surface area contributed by atoms with E-state index < -0.39 is 51.2 Å². The Bertz CT molecular complexity index is 1440. The predicted octanol–water partition coefficient (Wildman–Crippen LogP) is 5.71. The van der Waals surface area contributed by atoms with Gasteiger partial charge in [-0.3, -0.25) is 4.79 Å². The number of hydrogen-bond acceptors (Lipinski definition) is 5. The number of rotatable bonds is 4. The summed E-state index contributed by atoms with van der Waals surface area (Å²) in [4.78, 5) is 29.5. The lowest BCUT2D eigenvalue weighted by Gasteiger charge is -2.29. The largest absolute Gasteiger partial charge is 0.435 e. The molecule has 0 radical (unpaired) electrons. The number of alkyl halides is 3. The number of fused-ring (bicyclic) bond motifs is 1. The summed E-state index contributed by atoms with van der Waals surface area (Å²) in [7, 11) is 0. The van der Waals surface area contributed by atoms with Gasteiger partial charge in [-0.1, -0.05) is 34.4 Å². The second-order valence-electron chi connectivity index (χ2n) is 8.29. The molecule has 1 aromatic heterocycles. The lowest BCUT2D eigenvalue weighted by Crippen LogP contribution is -2.42. The van der Waals surface area contributed by atoms with Crippen LogP contribution in [-0.4, -0.2) is 23.8 Å². The first-order valence-electron chi connectivity index (χ1n) is 10.3. The van der Waals surface area contributed by atoms with Crippen LogP contribution < -0.4 is 10.9 Å². The molecule has 1 fully saturated rings. The Balaban J connectivity index is 1.60. The molecule has 12 heteroatoms. The number of oxime groups is 1. The Morgan fingerprint density at radius 1 is 1.11 bits per heavy atom. The van der Waals surface area contributed by atoms with Crippen LogP contribution in [0, 0.1) is 5.82 Å². The minimum Gasteiger partial charge on any atom is -0.422 e. The summed E-state index contributed by atoms with van der Waals surface area (Å²) < 4.78 is 62.1. The number of nitrogens with zero attached hydrogens (tertiary/aromatic N) is 1. The third kappa shape index (κ3) is 4.04. The summed E-state index contributed by atoms with van der Waals surface area (Å²) in [5.74, 6) is -1.53. The van der Waals surface area contributed by atoms with Crippen molar-refractivity contribution in [3.63, 3.8) is 0 Å². The zero-order valence-electron chi connectivity index (χ0n) is 17.5. The van der Waals surface area contributed by atoms with E-state index in [4.69, 9.17) is 32.5 Å². The van der Waals surface area contributed by atoms with Gasteiger partial charge < -0.3 is 14.6 Å². The van der Waals surface area contributed by atoms with E-state index in [1.54, 1.807) is 0 Å². The third-order valence-electron chi connectivity index (χ3n) is 5.89. The van der Waals surface area contributed by atoms with E-state index in [1.165, 1.54) is 18.2 Å². The zero-order valence-corrected chi connectivity index (χ0v) is 19.0. The van der Waals surface area contributed by atoms with Crippen LogP contribution in [0.1, 0.15) is 40.7 Å². The van der Waals surface area contributed by atoms with E-state index in [-0.39, 0.29) is 33.8 Å². The Hall–Kier alpha value is -3.11. The van der Waals surface area contributed by atoms with Gasteiger partial charge in [0.15, 0.2) is 11.4 Å². The molecule has 2 aliphatic rings. The van der Waals surface area contributed by atoms with Gasteiger partial charge in [0.1, 0.15) is 0 Å². The van der Waals surface area contributed by atoms with Crippen LogP contribution >= 0.6 is 23.2 Å². The molecule has 2 aromatic carbocycles. The van der Waals surface area contributed by atoms with Crippen molar-refractivity contribution in [1.82, 2.24) is 5.32 Å². The first-order chi connectivity index (χ1) is 16.5. The van der Waals surface area contributed by atoms with Gasteiger partial charge in [-0.2, -0.15) is 13.2 Å². The van der Waals surface area contributed by atoms with E-state index in [1.807, 2.05) is 0 Å². The Morgan fingerprint density at radius 2 is 1.80 bits per heavy atom. The summed E-state index contributed by atoms with van der Waals surface area (Å²) in [5, 5.41) is 5.45. The zero-order chi connectivity index (χ0) is 25.1. The number of nitrogens with one attached hydrogen (secondary N) is 1. The fraction of sp³-hybridized carbons (Fsp3) is 0.261. The van der Waals surface area contributed by atoms with E-state index >= 15 is 0 Å². The summed E-state index contributed by atoms with van der Waals surface area (Å²) in [5.41, 5.74) is -4.26. The van der Waals surface area contributed by atoms with Crippen molar-refractivity contribution in [2.45, 2.75) is 37.1 Å². The number of amides is 1. The Labute approximate surface area is 204 Å². The predicted molar refractivity (Wildman–Crippen MR) is 119 cm³/mol. The number of halogens is 6. The lowest BCUT2D eigenvalue weighted by molar-refractivity contribution is -0.275. The average molecular weight is 529 g/mol. The van der Waals surface area contributed by atoms with E-state index in [9.17, 15) is 27.2 Å². The summed E-state index contributed by atoms with van der Waals surface area (Å²) >= 11 is 11.5. The molecule has 0 bridgehead atoms. The van der Waals surface area contributed by atoms with Gasteiger partial charge in [0.05, 0.1) is 21.3 Å². The molecule has 0 spiro atoms. The summed E-state index contributed by atoms with van der Waals surface area (Å²) in [6.07, 6.45) is -4.14. The lowest BCUT2D eigenvalue weighted by atomic mass is 9.85. The number of carbonyl (C=O) groups excluding carboxylic acids is 1. The van der Waals surface area contributed by atoms with Gasteiger partial charge in [0.25, 0.3) is 11.5 Å². The fourth-order valence-electron chi connectivity index (χ4n) is 3.92. The van der Waals surface area contributed by atoms with Gasteiger partial charge in [-0.25, -0.2) is 9.18 Å². The van der Waals surface area contributed by atoms with Gasteiger partial charge in [0, 0.05) is 35.0 Å². The molecule has 1 aliphatic heterocycles. The topological polar surface area (TPSA) is 80.9 Å². The smallest absolute Gasteiger partial charge is 0.422 e. The van der Waals surface area contributed by atoms with E-state index in [2.05, 4.69) is 10.5 Å². The van der Waals surface area contributed by atoms with Crippen LogP contribution in [0.3, 0.4) is 0 Å². The molecule has 1 saturated carbocycles. The molecule has 1 aliphatic carbocycles. The highest BCUT2D eigenvalue weighted by molar-refractivity contribution is 6.35. The van der Waals surface area contributed by atoms with Crippen LogP contribution in [0.2, 0.25) is 10.0 Å². The number of hydrogen-bond donors (Lipinski definition) is 1. The molecule has 182 valence electrons. The number of carbonyl (C=O) groups is 1. The highest BCUT2D eigenvalue weighted by Gasteiger charge is 2.62. The Morgan fingerprint density at radius 3 is 2.43 bits per heavy atom. The average Bonchev–Trinajstić information content (AvgIpc) is 3.48. The fourth-order valence-corrected chi connectivity index (χ4v) is 4.41. The molecular weight excluding hydrogens is 515 g/mol. The maximum Gasteiger partial charge on any atom is 0.435 e. The van der Waals surface area contributed by atoms with Crippen molar-refractivity contribution >= 4 is 45.8 Å². The summed E-state index contributed by atoms with van der Waals surface area (Å²) in [6.45, 7) is 0. The van der Waals surface area contributed by atoms with E-state index in [0.29, 0.717) is 0 Å². The monoisotopic (exact) mass is 528 g/mol. The molecule has 0 saturated heterocycles. The molecule has 1 atom stereocenters. The van der Waals surface area contributed by atoms with Crippen molar-refractivity contribution in [2.24, 2.45) is 5.16 Å². The van der Waals surface area contributed by atoms with Crippen molar-refractivity contribution in [1.29, 1.82) is 0 Å². The van der Waals surface area contributed by atoms with Gasteiger partial charge in [-0.15, -0.1) is 0 Å². The second-order valence-corrected chi connectivity index (χ2v) is 9.10. The van der Waals surface area contributed by atoms with Crippen molar-refractivity contribution in [3.8, 4) is 0 Å². The number of benzene rings is 2.